The first-order valence-electron chi connectivity index (χ1n) is 4.19. The number of carbonyl (C=O) groups excluding carboxylic acids is 1. The SMILES string of the molecule is CC(CO)N1CC(C(=O)O)CC1=O. The number of carboxylic acids is 1. The number of rotatable bonds is 3. The third kappa shape index (κ3) is 1.98. The Morgan fingerprint density at radius 1 is 1.77 bits per heavy atom. The highest BCUT2D eigenvalue weighted by molar-refractivity contribution is 5.86. The molecule has 2 atom stereocenters. The van der Waals surface area contributed by atoms with E-state index in [-0.39, 0.29) is 31.5 Å². The van der Waals surface area contributed by atoms with Crippen LogP contribution in [-0.2, 0) is 9.59 Å². The lowest BCUT2D eigenvalue weighted by molar-refractivity contribution is -0.141. The van der Waals surface area contributed by atoms with Crippen molar-refractivity contribution in [1.29, 1.82) is 0 Å². The molecule has 74 valence electrons. The number of hydrogen-bond acceptors (Lipinski definition) is 3. The van der Waals surface area contributed by atoms with Crippen LogP contribution in [0, 0.1) is 5.92 Å². The van der Waals surface area contributed by atoms with Crippen LogP contribution < -0.4 is 0 Å². The van der Waals surface area contributed by atoms with E-state index < -0.39 is 11.9 Å². The van der Waals surface area contributed by atoms with Crippen LogP contribution in [0.15, 0.2) is 0 Å². The third-order valence-electron chi connectivity index (χ3n) is 2.30. The van der Waals surface area contributed by atoms with E-state index in [1.807, 2.05) is 0 Å². The molecule has 1 aliphatic heterocycles. The Labute approximate surface area is 76.0 Å². The van der Waals surface area contributed by atoms with Crippen molar-refractivity contribution in [2.24, 2.45) is 5.92 Å². The summed E-state index contributed by atoms with van der Waals surface area (Å²) in [6.07, 6.45) is 0.0552. The molecule has 5 heteroatoms. The molecule has 1 fully saturated rings. The van der Waals surface area contributed by atoms with Gasteiger partial charge in [-0.1, -0.05) is 0 Å². The Morgan fingerprint density at radius 3 is 2.77 bits per heavy atom. The molecule has 0 aromatic rings. The van der Waals surface area contributed by atoms with Gasteiger partial charge in [0.1, 0.15) is 0 Å². The lowest BCUT2D eigenvalue weighted by Gasteiger charge is -2.22. The quantitative estimate of drug-likeness (QED) is 0.612. The third-order valence-corrected chi connectivity index (χ3v) is 2.30. The van der Waals surface area contributed by atoms with Gasteiger partial charge in [0.05, 0.1) is 18.6 Å². The average Bonchev–Trinajstić information content (AvgIpc) is 2.46. The summed E-state index contributed by atoms with van der Waals surface area (Å²) in [6.45, 7) is 1.79. The summed E-state index contributed by atoms with van der Waals surface area (Å²) >= 11 is 0. The van der Waals surface area contributed by atoms with Crippen molar-refractivity contribution in [3.63, 3.8) is 0 Å². The van der Waals surface area contributed by atoms with Crippen LogP contribution in [0.2, 0.25) is 0 Å². The first-order chi connectivity index (χ1) is 6.06. The number of aliphatic carboxylic acids is 1. The fraction of sp³-hybridized carbons (Fsp3) is 0.750. The molecule has 1 saturated heterocycles. The van der Waals surface area contributed by atoms with Crippen molar-refractivity contribution in [2.75, 3.05) is 13.2 Å². The molecule has 1 rings (SSSR count). The van der Waals surface area contributed by atoms with Crippen molar-refractivity contribution in [2.45, 2.75) is 19.4 Å². The van der Waals surface area contributed by atoms with Gasteiger partial charge in [-0.3, -0.25) is 9.59 Å². The summed E-state index contributed by atoms with van der Waals surface area (Å²) in [7, 11) is 0. The molecule has 0 radical (unpaired) electrons. The highest BCUT2D eigenvalue weighted by Crippen LogP contribution is 2.19. The molecule has 0 aromatic heterocycles. The van der Waals surface area contributed by atoms with Gasteiger partial charge in [-0.2, -0.15) is 0 Å². The lowest BCUT2D eigenvalue weighted by atomic mass is 10.1. The molecule has 0 spiro atoms. The second-order valence-corrected chi connectivity index (χ2v) is 3.32. The molecule has 2 unspecified atom stereocenters. The summed E-state index contributed by atoms with van der Waals surface area (Å²) in [5, 5.41) is 17.5. The molecular formula is C8H13NO4. The number of aliphatic hydroxyl groups excluding tert-OH is 1. The Balaban J connectivity index is 2.61. The summed E-state index contributed by atoms with van der Waals surface area (Å²) < 4.78 is 0. The maximum Gasteiger partial charge on any atom is 0.308 e. The zero-order chi connectivity index (χ0) is 10.0. The molecule has 0 saturated carbocycles. The number of aliphatic hydroxyl groups is 1. The van der Waals surface area contributed by atoms with E-state index in [0.717, 1.165) is 0 Å². The Morgan fingerprint density at radius 2 is 2.38 bits per heavy atom. The van der Waals surface area contributed by atoms with Gasteiger partial charge in [0.15, 0.2) is 0 Å². The van der Waals surface area contributed by atoms with Crippen LogP contribution in [-0.4, -0.2) is 46.2 Å². The van der Waals surface area contributed by atoms with Crippen molar-refractivity contribution in [1.82, 2.24) is 4.90 Å². The van der Waals surface area contributed by atoms with Gasteiger partial charge in [0, 0.05) is 13.0 Å². The molecule has 0 bridgehead atoms. The number of carbonyl (C=O) groups is 2. The van der Waals surface area contributed by atoms with E-state index in [1.165, 1.54) is 4.90 Å². The van der Waals surface area contributed by atoms with Crippen LogP contribution in [0.3, 0.4) is 0 Å². The van der Waals surface area contributed by atoms with Gasteiger partial charge in [-0.15, -0.1) is 0 Å². The lowest BCUT2D eigenvalue weighted by Crippen LogP contribution is -2.37. The summed E-state index contributed by atoms with van der Waals surface area (Å²) in [5.41, 5.74) is 0. The molecule has 5 nitrogen and oxygen atoms in total. The second-order valence-electron chi connectivity index (χ2n) is 3.32. The average molecular weight is 187 g/mol. The van der Waals surface area contributed by atoms with Gasteiger partial charge in [0.25, 0.3) is 0 Å². The van der Waals surface area contributed by atoms with E-state index in [2.05, 4.69) is 0 Å². The van der Waals surface area contributed by atoms with Gasteiger partial charge in [-0.05, 0) is 6.92 Å². The maximum absolute atomic E-state index is 11.2. The van der Waals surface area contributed by atoms with Crippen LogP contribution in [0.1, 0.15) is 13.3 Å². The second kappa shape index (κ2) is 3.74. The monoisotopic (exact) mass is 187 g/mol. The van der Waals surface area contributed by atoms with E-state index in [9.17, 15) is 9.59 Å². The van der Waals surface area contributed by atoms with Gasteiger partial charge >= 0.3 is 5.97 Å². The van der Waals surface area contributed by atoms with E-state index in [4.69, 9.17) is 10.2 Å². The topological polar surface area (TPSA) is 77.8 Å². The first-order valence-corrected chi connectivity index (χ1v) is 4.19. The van der Waals surface area contributed by atoms with Crippen LogP contribution >= 0.6 is 0 Å². The maximum atomic E-state index is 11.2. The molecule has 0 aromatic carbocycles. The fourth-order valence-electron chi connectivity index (χ4n) is 1.42. The van der Waals surface area contributed by atoms with Crippen molar-refractivity contribution >= 4 is 11.9 Å². The Hall–Kier alpha value is -1.10. The number of likely N-dealkylation sites (tertiary alicyclic amines) is 1. The summed E-state index contributed by atoms with van der Waals surface area (Å²) in [5.74, 6) is -1.74. The number of carboxylic acid groups (broad SMARTS) is 1. The molecule has 1 heterocycles. The number of nitrogens with zero attached hydrogens (tertiary/aromatic N) is 1. The van der Waals surface area contributed by atoms with E-state index in [0.29, 0.717) is 0 Å². The smallest absolute Gasteiger partial charge is 0.308 e. The first kappa shape index (κ1) is 9.98. The van der Waals surface area contributed by atoms with Gasteiger partial charge < -0.3 is 15.1 Å². The van der Waals surface area contributed by atoms with Crippen molar-refractivity contribution < 1.29 is 19.8 Å². The highest BCUT2D eigenvalue weighted by Gasteiger charge is 2.36. The minimum absolute atomic E-state index is 0.0552. The molecule has 13 heavy (non-hydrogen) atoms. The van der Waals surface area contributed by atoms with Crippen LogP contribution in [0.4, 0.5) is 0 Å². The van der Waals surface area contributed by atoms with E-state index >= 15 is 0 Å². The summed E-state index contributed by atoms with van der Waals surface area (Å²) in [4.78, 5) is 23.2. The normalized spacial score (nSPS) is 24.9. The molecule has 2 N–H and O–H groups in total. The summed E-state index contributed by atoms with van der Waals surface area (Å²) in [6, 6.07) is -0.281. The predicted octanol–water partition coefficient (Wildman–Crippen LogP) is -0.700. The molecule has 0 aliphatic carbocycles. The number of amides is 1. The number of hydrogen-bond donors (Lipinski definition) is 2. The van der Waals surface area contributed by atoms with Gasteiger partial charge in [0.2, 0.25) is 5.91 Å². The molecular weight excluding hydrogens is 174 g/mol. The molecule has 1 aliphatic rings. The minimum atomic E-state index is -0.944. The Bertz CT molecular complexity index is 228. The minimum Gasteiger partial charge on any atom is -0.481 e. The van der Waals surface area contributed by atoms with Crippen molar-refractivity contribution in [3.05, 3.63) is 0 Å². The highest BCUT2D eigenvalue weighted by atomic mass is 16.4. The van der Waals surface area contributed by atoms with Crippen LogP contribution in [0.5, 0.6) is 0 Å². The largest absolute Gasteiger partial charge is 0.481 e. The van der Waals surface area contributed by atoms with E-state index in [1.54, 1.807) is 6.92 Å². The molecule has 1 amide bonds. The fourth-order valence-corrected chi connectivity index (χ4v) is 1.42. The van der Waals surface area contributed by atoms with Crippen LogP contribution in [0.25, 0.3) is 0 Å². The zero-order valence-corrected chi connectivity index (χ0v) is 7.43. The van der Waals surface area contributed by atoms with Crippen molar-refractivity contribution in [3.8, 4) is 0 Å². The zero-order valence-electron chi connectivity index (χ0n) is 7.43. The van der Waals surface area contributed by atoms with Gasteiger partial charge in [-0.25, -0.2) is 0 Å². The Kier molecular flexibility index (Phi) is 2.87. The standard InChI is InChI=1S/C8H13NO4/c1-5(4-10)9-3-6(8(12)13)2-7(9)11/h5-6,10H,2-4H2,1H3,(H,12,13). The predicted molar refractivity (Wildman–Crippen MR) is 44.0 cm³/mol.